The smallest absolute Gasteiger partial charge is 0.374 e. The molecule has 8 heteroatoms. The van der Waals surface area contributed by atoms with Gasteiger partial charge < -0.3 is 34.3 Å². The van der Waals surface area contributed by atoms with Gasteiger partial charge in [-0.05, 0) is 44.8 Å². The number of esters is 1. The normalized spacial score (nSPS) is 28.2. The summed E-state index contributed by atoms with van der Waals surface area (Å²) in [5, 5.41) is 14.1. The molecule has 5 rings (SSSR count). The molecule has 1 aromatic carbocycles. The maximum Gasteiger partial charge on any atom is 0.374 e. The molecule has 0 spiro atoms. The number of nitrogens with zero attached hydrogens (tertiary/aromatic N) is 1. The van der Waals surface area contributed by atoms with Crippen molar-refractivity contribution in [3.63, 3.8) is 0 Å². The molecule has 8 nitrogen and oxygen atoms in total. The van der Waals surface area contributed by atoms with Crippen molar-refractivity contribution in [2.24, 2.45) is 0 Å². The fourth-order valence-electron chi connectivity index (χ4n) is 5.24. The van der Waals surface area contributed by atoms with Crippen LogP contribution in [0.2, 0.25) is 0 Å². The van der Waals surface area contributed by atoms with Gasteiger partial charge in [-0.2, -0.15) is 0 Å². The number of carbonyl (C=O) groups is 1. The van der Waals surface area contributed by atoms with Crippen molar-refractivity contribution in [2.45, 2.75) is 50.7 Å². The minimum atomic E-state index is -0.920. The van der Waals surface area contributed by atoms with Crippen molar-refractivity contribution in [3.8, 4) is 17.2 Å². The molecule has 1 aromatic rings. The summed E-state index contributed by atoms with van der Waals surface area (Å²) in [4.78, 5) is 14.6. The number of carbonyl (C=O) groups excluding carboxylic acids is 1. The summed E-state index contributed by atoms with van der Waals surface area (Å²) < 4.78 is 23.4. The number of fused-ring (bicyclic) bond motifs is 4. The number of allylic oxidation sites excluding steroid dienone is 2. The first-order valence-corrected chi connectivity index (χ1v) is 11.5. The third kappa shape index (κ3) is 3.72. The van der Waals surface area contributed by atoms with Gasteiger partial charge >= 0.3 is 5.97 Å². The van der Waals surface area contributed by atoms with Crippen LogP contribution in [-0.2, 0) is 9.53 Å². The molecule has 1 saturated carbocycles. The quantitative estimate of drug-likeness (QED) is 0.657. The lowest BCUT2D eigenvalue weighted by Crippen LogP contribution is -2.47. The maximum absolute atomic E-state index is 12.5. The molecule has 3 heterocycles. The number of methoxy groups -OCH3 is 1. The van der Waals surface area contributed by atoms with Crippen molar-refractivity contribution >= 4 is 11.5 Å². The lowest BCUT2D eigenvalue weighted by atomic mass is 9.74. The molecule has 176 valence electrons. The van der Waals surface area contributed by atoms with Crippen molar-refractivity contribution in [1.29, 1.82) is 0 Å². The summed E-state index contributed by atoms with van der Waals surface area (Å²) >= 11 is 0. The fourth-order valence-corrected chi connectivity index (χ4v) is 5.24. The fraction of sp³-hybridized carbons (Fsp3) is 0.480. The van der Waals surface area contributed by atoms with Crippen molar-refractivity contribution in [2.75, 3.05) is 26.9 Å². The Bertz CT molecular complexity index is 1060. The van der Waals surface area contributed by atoms with Crippen LogP contribution in [0.25, 0.3) is 5.57 Å². The second kappa shape index (κ2) is 8.33. The molecule has 3 aliphatic heterocycles. The highest BCUT2D eigenvalue weighted by molar-refractivity contribution is 5.96. The lowest BCUT2D eigenvalue weighted by Gasteiger charge is -2.37. The van der Waals surface area contributed by atoms with Gasteiger partial charge in [-0.3, -0.25) is 0 Å². The molecule has 3 unspecified atom stereocenters. The van der Waals surface area contributed by atoms with Gasteiger partial charge in [0.05, 0.1) is 31.5 Å². The zero-order valence-corrected chi connectivity index (χ0v) is 19.2. The van der Waals surface area contributed by atoms with Gasteiger partial charge in [-0.15, -0.1) is 0 Å². The Morgan fingerprint density at radius 3 is 3.00 bits per heavy atom. The zero-order valence-electron chi connectivity index (χ0n) is 19.2. The van der Waals surface area contributed by atoms with E-state index in [1.807, 2.05) is 25.4 Å². The highest BCUT2D eigenvalue weighted by atomic mass is 16.6. The standard InChI is InChI=1S/C25H30N2O6/c1-4-31-24(28)19-12-15(7-10-27-11-9-26-14-27)20-17(32-19)13-18-21(22(20)30-3)16-6-5-8-25(2,29)23(16)33-18/h7,9,11-13,16,23,26,29H,4-6,8,10,14H2,1-3H3. The molecule has 1 fully saturated rings. The van der Waals surface area contributed by atoms with Gasteiger partial charge in [0.25, 0.3) is 0 Å². The van der Waals surface area contributed by atoms with Crippen LogP contribution in [-0.4, -0.2) is 54.6 Å². The predicted octanol–water partition coefficient (Wildman–Crippen LogP) is 3.03. The first-order chi connectivity index (χ1) is 15.9. The summed E-state index contributed by atoms with van der Waals surface area (Å²) in [7, 11) is 1.64. The van der Waals surface area contributed by atoms with E-state index in [-0.39, 0.29) is 24.4 Å². The van der Waals surface area contributed by atoms with Crippen LogP contribution < -0.4 is 19.5 Å². The minimum absolute atomic E-state index is 0.0337. The number of aliphatic hydroxyl groups is 1. The Morgan fingerprint density at radius 2 is 2.27 bits per heavy atom. The summed E-state index contributed by atoms with van der Waals surface area (Å²) in [6.07, 6.45) is 9.83. The van der Waals surface area contributed by atoms with E-state index in [0.717, 1.165) is 36.2 Å². The average Bonchev–Trinajstić information content (AvgIpc) is 3.44. The lowest BCUT2D eigenvalue weighted by molar-refractivity contribution is -0.141. The molecule has 3 atom stereocenters. The van der Waals surface area contributed by atoms with Crippen molar-refractivity contribution in [3.05, 3.63) is 47.5 Å². The van der Waals surface area contributed by atoms with Gasteiger partial charge in [0.2, 0.25) is 5.76 Å². The Hall–Kier alpha value is -3.13. The second-order valence-electron chi connectivity index (χ2n) is 9.03. The van der Waals surface area contributed by atoms with Gasteiger partial charge in [-0.25, -0.2) is 4.79 Å². The number of rotatable bonds is 5. The highest BCUT2D eigenvalue weighted by Gasteiger charge is 2.50. The minimum Gasteiger partial charge on any atom is -0.496 e. The van der Waals surface area contributed by atoms with E-state index in [1.165, 1.54) is 0 Å². The molecule has 4 aliphatic rings. The average molecular weight is 455 g/mol. The maximum atomic E-state index is 12.5. The van der Waals surface area contributed by atoms with Gasteiger partial charge in [0.1, 0.15) is 23.4 Å². The highest BCUT2D eigenvalue weighted by Crippen LogP contribution is 2.57. The van der Waals surface area contributed by atoms with E-state index in [4.69, 9.17) is 18.9 Å². The molecule has 0 aromatic heterocycles. The van der Waals surface area contributed by atoms with E-state index >= 15 is 0 Å². The molecular formula is C25H30N2O6. The Labute approximate surface area is 193 Å². The van der Waals surface area contributed by atoms with Crippen molar-refractivity contribution in [1.82, 2.24) is 10.2 Å². The first kappa shape index (κ1) is 21.7. The number of hydrogen-bond donors (Lipinski definition) is 2. The van der Waals surface area contributed by atoms with Crippen LogP contribution in [0.3, 0.4) is 0 Å². The summed E-state index contributed by atoms with van der Waals surface area (Å²) in [5.74, 6) is 1.43. The Morgan fingerprint density at radius 1 is 1.42 bits per heavy atom. The first-order valence-electron chi connectivity index (χ1n) is 11.5. The molecule has 33 heavy (non-hydrogen) atoms. The number of ether oxygens (including phenoxy) is 4. The zero-order chi connectivity index (χ0) is 23.2. The molecule has 0 saturated heterocycles. The van der Waals surface area contributed by atoms with E-state index in [9.17, 15) is 9.90 Å². The van der Waals surface area contributed by atoms with Gasteiger partial charge in [0, 0.05) is 36.5 Å². The summed E-state index contributed by atoms with van der Waals surface area (Å²) in [5.41, 5.74) is 1.66. The third-order valence-corrected chi connectivity index (χ3v) is 6.77. The van der Waals surface area contributed by atoms with Gasteiger partial charge in [-0.1, -0.05) is 6.08 Å². The number of benzene rings is 1. The number of nitrogens with one attached hydrogen (secondary N) is 1. The SMILES string of the molecule is CCOC(=O)C1=CC(=CCN2C=CNC2)c2c(cc3c(c2OC)C2CCCC(C)(O)C2O3)O1. The third-order valence-electron chi connectivity index (χ3n) is 6.77. The Kier molecular flexibility index (Phi) is 5.48. The summed E-state index contributed by atoms with van der Waals surface area (Å²) in [6, 6.07) is 1.82. The van der Waals surface area contributed by atoms with E-state index in [1.54, 1.807) is 20.1 Å². The predicted molar refractivity (Wildman–Crippen MR) is 122 cm³/mol. The summed E-state index contributed by atoms with van der Waals surface area (Å²) in [6.45, 7) is 5.21. The van der Waals surface area contributed by atoms with Crippen LogP contribution in [0.5, 0.6) is 17.2 Å². The van der Waals surface area contributed by atoms with E-state index in [0.29, 0.717) is 30.2 Å². The van der Waals surface area contributed by atoms with Crippen LogP contribution in [0.4, 0.5) is 0 Å². The molecule has 0 amide bonds. The van der Waals surface area contributed by atoms with Crippen LogP contribution >= 0.6 is 0 Å². The van der Waals surface area contributed by atoms with E-state index in [2.05, 4.69) is 16.3 Å². The van der Waals surface area contributed by atoms with Crippen LogP contribution in [0, 0.1) is 0 Å². The van der Waals surface area contributed by atoms with E-state index < -0.39 is 11.6 Å². The second-order valence-corrected chi connectivity index (χ2v) is 9.03. The van der Waals surface area contributed by atoms with Gasteiger partial charge in [0.15, 0.2) is 0 Å². The molecule has 1 aliphatic carbocycles. The number of hydrogen-bond acceptors (Lipinski definition) is 8. The topological polar surface area (TPSA) is 89.5 Å². The molecule has 0 radical (unpaired) electrons. The molecule has 2 N–H and O–H groups in total. The van der Waals surface area contributed by atoms with Crippen LogP contribution in [0.15, 0.2) is 36.4 Å². The monoisotopic (exact) mass is 454 g/mol. The molecular weight excluding hydrogens is 424 g/mol. The Balaban J connectivity index is 1.61. The molecule has 0 bridgehead atoms. The van der Waals surface area contributed by atoms with Crippen LogP contribution in [0.1, 0.15) is 50.2 Å². The van der Waals surface area contributed by atoms with Crippen molar-refractivity contribution < 1.29 is 28.8 Å². The largest absolute Gasteiger partial charge is 0.496 e.